The van der Waals surface area contributed by atoms with Gasteiger partial charge in [-0.1, -0.05) is 50.1 Å². The van der Waals surface area contributed by atoms with Gasteiger partial charge in [0.2, 0.25) is 0 Å². The number of nitrogens with one attached hydrogen (secondary N) is 2. The lowest BCUT2D eigenvalue weighted by Crippen LogP contribution is -2.31. The zero-order chi connectivity index (χ0) is 26.8. The Labute approximate surface area is 216 Å². The molecule has 194 valence electrons. The molecule has 0 saturated heterocycles. The number of pyridine rings is 1. The third-order valence-corrected chi connectivity index (χ3v) is 7.01. The third-order valence-electron chi connectivity index (χ3n) is 5.67. The molecule has 0 unspecified atom stereocenters. The van der Waals surface area contributed by atoms with Crippen LogP contribution in [0.3, 0.4) is 0 Å². The van der Waals surface area contributed by atoms with Gasteiger partial charge >= 0.3 is 0 Å². The highest BCUT2D eigenvalue weighted by molar-refractivity contribution is 7.90. The number of unbranched alkanes of at least 4 members (excludes halogenated alkanes) is 2. The Morgan fingerprint density at radius 1 is 0.892 bits per heavy atom. The van der Waals surface area contributed by atoms with Crippen LogP contribution in [0.1, 0.15) is 68.5 Å². The van der Waals surface area contributed by atoms with Crippen molar-refractivity contribution in [3.05, 3.63) is 94.8 Å². The number of aromatic carboxylic acids is 1. The molecule has 9 nitrogen and oxygen atoms in total. The van der Waals surface area contributed by atoms with Crippen molar-refractivity contribution in [2.24, 2.45) is 0 Å². The van der Waals surface area contributed by atoms with Crippen LogP contribution in [-0.4, -0.2) is 37.7 Å². The maximum atomic E-state index is 12.7. The van der Waals surface area contributed by atoms with Crippen molar-refractivity contribution in [2.45, 2.75) is 43.9 Å². The molecule has 2 N–H and O–H groups in total. The molecule has 0 aliphatic heterocycles. The number of hydrogen-bond donors (Lipinski definition) is 2. The number of carboxylic acid groups (broad SMARTS) is 1. The van der Waals surface area contributed by atoms with Gasteiger partial charge in [-0.3, -0.25) is 14.6 Å². The van der Waals surface area contributed by atoms with Gasteiger partial charge in [0, 0.05) is 18.3 Å². The number of carbonyl (C=O) groups is 3. The zero-order valence-electron chi connectivity index (χ0n) is 20.4. The lowest BCUT2D eigenvalue weighted by atomic mass is 10.0. The molecule has 10 heteroatoms. The fraction of sp³-hybridized carbons (Fsp3) is 0.259. The number of nitrogens with zero attached hydrogens (tertiary/aromatic N) is 1. The largest absolute Gasteiger partial charge is 0.543 e. The van der Waals surface area contributed by atoms with Gasteiger partial charge in [-0.05, 0) is 60.7 Å². The number of sulfonamides is 1. The summed E-state index contributed by atoms with van der Waals surface area (Å²) in [5.74, 6) is -2.76. The van der Waals surface area contributed by atoms with Gasteiger partial charge in [0.05, 0.1) is 22.1 Å². The van der Waals surface area contributed by atoms with E-state index in [9.17, 15) is 27.9 Å². The van der Waals surface area contributed by atoms with E-state index < -0.39 is 21.9 Å². The first kappa shape index (κ1) is 27.5. The van der Waals surface area contributed by atoms with Crippen LogP contribution in [0.4, 0.5) is 0 Å². The second-order valence-corrected chi connectivity index (χ2v) is 10.1. The molecule has 1 aromatic heterocycles. The van der Waals surface area contributed by atoms with Crippen molar-refractivity contribution in [3.8, 4) is 0 Å². The van der Waals surface area contributed by atoms with E-state index in [2.05, 4.69) is 10.3 Å². The summed E-state index contributed by atoms with van der Waals surface area (Å²) < 4.78 is 27.4. The standard InChI is InChI=1S/C27H29N3O6S/c1-2-3-5-10-21-17-22(18-29-24(21)27(33)34)26(32)30-37(35,36)23-13-11-20(12-14-23)25(31)28-16-15-19-8-6-4-7-9-19/h4,6-9,11-14,17-18H,2-3,5,10,15-16H2,1H3,(H,28,31)(H,30,32)(H,33,34)/p-1. The maximum absolute atomic E-state index is 12.7. The highest BCUT2D eigenvalue weighted by atomic mass is 32.2. The van der Waals surface area contributed by atoms with Gasteiger partial charge in [-0.15, -0.1) is 0 Å². The van der Waals surface area contributed by atoms with Crippen molar-refractivity contribution < 1.29 is 27.9 Å². The molecule has 37 heavy (non-hydrogen) atoms. The molecule has 2 aromatic carbocycles. The van der Waals surface area contributed by atoms with Crippen LogP contribution in [0.5, 0.6) is 0 Å². The molecule has 0 bridgehead atoms. The number of aryl methyl sites for hydroxylation is 1. The Morgan fingerprint density at radius 2 is 1.59 bits per heavy atom. The first-order valence-electron chi connectivity index (χ1n) is 11.9. The van der Waals surface area contributed by atoms with Crippen molar-refractivity contribution in [2.75, 3.05) is 6.54 Å². The van der Waals surface area contributed by atoms with E-state index in [1.54, 1.807) is 0 Å². The van der Waals surface area contributed by atoms with E-state index in [1.807, 2.05) is 42.0 Å². The number of amides is 2. The Bertz CT molecular complexity index is 1360. The molecule has 0 aliphatic carbocycles. The first-order valence-corrected chi connectivity index (χ1v) is 13.4. The monoisotopic (exact) mass is 522 g/mol. The summed E-state index contributed by atoms with van der Waals surface area (Å²) in [5, 5.41) is 14.1. The quantitative estimate of drug-likeness (QED) is 0.347. The molecule has 1 heterocycles. The second-order valence-electron chi connectivity index (χ2n) is 8.43. The van der Waals surface area contributed by atoms with E-state index >= 15 is 0 Å². The molecule has 3 rings (SSSR count). The average Bonchev–Trinajstić information content (AvgIpc) is 2.89. The van der Waals surface area contributed by atoms with Crippen LogP contribution in [0.2, 0.25) is 0 Å². The molecule has 3 aromatic rings. The van der Waals surface area contributed by atoms with Crippen LogP contribution in [-0.2, 0) is 22.9 Å². The minimum atomic E-state index is -4.25. The van der Waals surface area contributed by atoms with Gasteiger partial charge in [0.15, 0.2) is 0 Å². The SMILES string of the molecule is CCCCCc1cc(C(=O)NS(=O)(=O)c2ccc(C(=O)NCCc3ccccc3)cc2)cnc1C(=O)[O-]. The van der Waals surface area contributed by atoms with Gasteiger partial charge in [0.1, 0.15) is 0 Å². The van der Waals surface area contributed by atoms with Crippen molar-refractivity contribution in [1.82, 2.24) is 15.0 Å². The first-order chi connectivity index (χ1) is 17.7. The number of carbonyl (C=O) groups excluding carboxylic acids is 3. The lowest BCUT2D eigenvalue weighted by Gasteiger charge is -2.12. The Balaban J connectivity index is 1.65. The summed E-state index contributed by atoms with van der Waals surface area (Å²) >= 11 is 0. The molecule has 0 saturated carbocycles. The van der Waals surface area contributed by atoms with E-state index in [1.165, 1.54) is 30.3 Å². The predicted molar refractivity (Wildman–Crippen MR) is 135 cm³/mol. The van der Waals surface area contributed by atoms with Crippen LogP contribution in [0, 0.1) is 0 Å². The normalized spacial score (nSPS) is 11.1. The number of hydrogen-bond acceptors (Lipinski definition) is 7. The molecule has 0 spiro atoms. The van der Waals surface area contributed by atoms with E-state index in [0.29, 0.717) is 31.4 Å². The van der Waals surface area contributed by atoms with Crippen LogP contribution in [0.15, 0.2) is 71.8 Å². The molecule has 0 radical (unpaired) electrons. The van der Waals surface area contributed by atoms with Crippen molar-refractivity contribution >= 4 is 27.8 Å². The Kier molecular flexibility index (Phi) is 9.51. The Hall–Kier alpha value is -4.05. The van der Waals surface area contributed by atoms with Gasteiger partial charge in [0.25, 0.3) is 21.8 Å². The summed E-state index contributed by atoms with van der Waals surface area (Å²) in [5.41, 5.74) is 1.30. The van der Waals surface area contributed by atoms with E-state index in [-0.39, 0.29) is 27.6 Å². The minimum absolute atomic E-state index is 0.0884. The van der Waals surface area contributed by atoms with Crippen molar-refractivity contribution in [1.29, 1.82) is 0 Å². The van der Waals surface area contributed by atoms with Crippen LogP contribution in [0.25, 0.3) is 0 Å². The molecule has 0 aliphatic rings. The summed E-state index contributed by atoms with van der Waals surface area (Å²) in [7, 11) is -4.25. The summed E-state index contributed by atoms with van der Waals surface area (Å²) in [4.78, 5) is 40.0. The molecule has 0 atom stereocenters. The summed E-state index contributed by atoms with van der Waals surface area (Å²) in [6, 6.07) is 16.2. The number of aromatic nitrogens is 1. The fourth-order valence-corrected chi connectivity index (χ4v) is 4.64. The highest BCUT2D eigenvalue weighted by Crippen LogP contribution is 2.15. The van der Waals surface area contributed by atoms with Gasteiger partial charge in [-0.25, -0.2) is 13.1 Å². The van der Waals surface area contributed by atoms with E-state index in [4.69, 9.17) is 0 Å². The minimum Gasteiger partial charge on any atom is -0.543 e. The van der Waals surface area contributed by atoms with E-state index in [0.717, 1.165) is 24.6 Å². The van der Waals surface area contributed by atoms with Crippen LogP contribution >= 0.6 is 0 Å². The lowest BCUT2D eigenvalue weighted by molar-refractivity contribution is -0.255. The molecular weight excluding hydrogens is 494 g/mol. The Morgan fingerprint density at radius 3 is 2.24 bits per heavy atom. The van der Waals surface area contributed by atoms with Gasteiger partial charge < -0.3 is 15.2 Å². The highest BCUT2D eigenvalue weighted by Gasteiger charge is 2.21. The second kappa shape index (κ2) is 12.8. The third kappa shape index (κ3) is 7.71. The topological polar surface area (TPSA) is 145 Å². The number of rotatable bonds is 12. The fourth-order valence-electron chi connectivity index (χ4n) is 3.67. The zero-order valence-corrected chi connectivity index (χ0v) is 21.2. The number of benzene rings is 2. The van der Waals surface area contributed by atoms with Gasteiger partial charge in [-0.2, -0.15) is 0 Å². The number of carboxylic acids is 1. The smallest absolute Gasteiger partial charge is 0.266 e. The predicted octanol–water partition coefficient (Wildman–Crippen LogP) is 2.27. The summed E-state index contributed by atoms with van der Waals surface area (Å²) in [6.45, 7) is 2.42. The average molecular weight is 523 g/mol. The maximum Gasteiger partial charge on any atom is 0.266 e. The van der Waals surface area contributed by atoms with Crippen LogP contribution < -0.4 is 15.1 Å². The molecular formula is C27H28N3O6S-. The summed E-state index contributed by atoms with van der Waals surface area (Å²) in [6.07, 6.45) is 4.49. The molecule has 0 fully saturated rings. The molecule has 2 amide bonds. The van der Waals surface area contributed by atoms with Crippen molar-refractivity contribution in [3.63, 3.8) is 0 Å².